The van der Waals surface area contributed by atoms with Crippen molar-refractivity contribution in [1.82, 2.24) is 15.5 Å². The molecule has 0 heterocycles. The van der Waals surface area contributed by atoms with E-state index in [2.05, 4.69) is 15.6 Å². The molecule has 0 saturated carbocycles. The fourth-order valence-electron chi connectivity index (χ4n) is 2.45. The van der Waals surface area contributed by atoms with Gasteiger partial charge in [-0.2, -0.15) is 0 Å². The molecule has 0 atom stereocenters. The molecule has 0 saturated heterocycles. The molecule has 30 heavy (non-hydrogen) atoms. The molecule has 2 rings (SSSR count). The summed E-state index contributed by atoms with van der Waals surface area (Å²) in [6.45, 7) is 4.19. The van der Waals surface area contributed by atoms with Gasteiger partial charge in [-0.1, -0.05) is 41.4 Å². The average Bonchev–Trinajstić information content (AvgIpc) is 2.72. The second-order valence-corrected chi connectivity index (χ2v) is 7.20. The zero-order valence-corrected chi connectivity index (χ0v) is 21.1. The largest absolute Gasteiger partial charge is 0.490 e. The van der Waals surface area contributed by atoms with Crippen molar-refractivity contribution in [1.29, 1.82) is 0 Å². The lowest BCUT2D eigenvalue weighted by atomic mass is 10.1. The van der Waals surface area contributed by atoms with Crippen LogP contribution in [0.25, 0.3) is 0 Å². The van der Waals surface area contributed by atoms with Crippen LogP contribution in [0.5, 0.6) is 5.75 Å². The summed E-state index contributed by atoms with van der Waals surface area (Å²) in [6.07, 6.45) is 0. The molecule has 2 aromatic rings. The number of aliphatic imine (C=N–C) groups is 1. The fraction of sp³-hybridized carbons (Fsp3) is 0.333. The lowest BCUT2D eigenvalue weighted by molar-refractivity contribution is 0.0827. The average molecular weight is 565 g/mol. The minimum Gasteiger partial charge on any atom is -0.490 e. The summed E-state index contributed by atoms with van der Waals surface area (Å²) in [6, 6.07) is 12.7. The van der Waals surface area contributed by atoms with Gasteiger partial charge in [0.15, 0.2) is 5.96 Å². The fourth-order valence-corrected chi connectivity index (χ4v) is 2.80. The van der Waals surface area contributed by atoms with E-state index in [0.29, 0.717) is 47.0 Å². The van der Waals surface area contributed by atoms with E-state index in [4.69, 9.17) is 27.9 Å². The van der Waals surface area contributed by atoms with E-state index < -0.39 is 0 Å². The van der Waals surface area contributed by atoms with E-state index in [9.17, 15) is 4.79 Å². The highest BCUT2D eigenvalue weighted by Crippen LogP contribution is 2.31. The number of benzene rings is 2. The number of hydrogen-bond donors (Lipinski definition) is 2. The van der Waals surface area contributed by atoms with Gasteiger partial charge in [0.2, 0.25) is 0 Å². The Labute approximate surface area is 205 Å². The Morgan fingerprint density at radius 3 is 2.43 bits per heavy atom. The van der Waals surface area contributed by atoms with Gasteiger partial charge in [-0.15, -0.1) is 24.0 Å². The van der Waals surface area contributed by atoms with Crippen molar-refractivity contribution in [2.75, 3.05) is 33.8 Å². The number of halogens is 3. The molecule has 0 fully saturated rings. The lowest BCUT2D eigenvalue weighted by Gasteiger charge is -2.13. The Balaban J connectivity index is 0.00000450. The molecule has 164 valence electrons. The summed E-state index contributed by atoms with van der Waals surface area (Å²) in [5.41, 5.74) is 1.67. The Morgan fingerprint density at radius 2 is 1.80 bits per heavy atom. The highest BCUT2D eigenvalue weighted by atomic mass is 127. The summed E-state index contributed by atoms with van der Waals surface area (Å²) in [4.78, 5) is 18.1. The Morgan fingerprint density at radius 1 is 1.10 bits per heavy atom. The van der Waals surface area contributed by atoms with Crippen molar-refractivity contribution in [2.45, 2.75) is 13.5 Å². The van der Waals surface area contributed by atoms with E-state index >= 15 is 0 Å². The number of amides is 1. The van der Waals surface area contributed by atoms with Gasteiger partial charge in [0.1, 0.15) is 17.4 Å². The molecule has 1 amide bonds. The normalized spacial score (nSPS) is 10.8. The molecular formula is C21H27Cl2IN4O2. The number of hydrogen-bond acceptors (Lipinski definition) is 3. The molecule has 0 bridgehead atoms. The standard InChI is InChI=1S/C21H26Cl2N4O2.HI/c1-4-24-21(25-12-13-29-18-7-5-6-17(22)19(18)23)26-14-15-8-10-16(11-9-15)20(28)27(2)3;/h5-11H,4,12-14H2,1-3H3,(H2,24,25,26);1H. The number of ether oxygens (including phenoxy) is 1. The van der Waals surface area contributed by atoms with Crippen LogP contribution in [0.15, 0.2) is 47.5 Å². The van der Waals surface area contributed by atoms with Crippen LogP contribution in [-0.4, -0.2) is 50.6 Å². The molecule has 0 radical (unpaired) electrons. The van der Waals surface area contributed by atoms with Crippen LogP contribution in [0.1, 0.15) is 22.8 Å². The van der Waals surface area contributed by atoms with Gasteiger partial charge in [-0.3, -0.25) is 4.79 Å². The Bertz CT molecular complexity index is 845. The topological polar surface area (TPSA) is 66.0 Å². The van der Waals surface area contributed by atoms with E-state index in [0.717, 1.165) is 12.1 Å². The van der Waals surface area contributed by atoms with Gasteiger partial charge < -0.3 is 20.3 Å². The number of nitrogens with zero attached hydrogens (tertiary/aromatic N) is 2. The van der Waals surface area contributed by atoms with Crippen LogP contribution in [0.4, 0.5) is 0 Å². The van der Waals surface area contributed by atoms with E-state index in [1.54, 1.807) is 37.2 Å². The van der Waals surface area contributed by atoms with Gasteiger partial charge in [0.25, 0.3) is 5.91 Å². The van der Waals surface area contributed by atoms with Gasteiger partial charge >= 0.3 is 0 Å². The van der Waals surface area contributed by atoms with Crippen molar-refractivity contribution >= 4 is 59.0 Å². The van der Waals surface area contributed by atoms with Crippen LogP contribution >= 0.6 is 47.2 Å². The van der Waals surface area contributed by atoms with E-state index in [1.165, 1.54) is 0 Å². The van der Waals surface area contributed by atoms with Crippen molar-refractivity contribution in [3.63, 3.8) is 0 Å². The predicted octanol–water partition coefficient (Wildman–Crippen LogP) is 4.45. The maximum absolute atomic E-state index is 11.9. The monoisotopic (exact) mass is 564 g/mol. The zero-order valence-electron chi connectivity index (χ0n) is 17.2. The van der Waals surface area contributed by atoms with E-state index in [-0.39, 0.29) is 29.9 Å². The lowest BCUT2D eigenvalue weighted by Crippen LogP contribution is -2.39. The smallest absolute Gasteiger partial charge is 0.253 e. The molecule has 0 aliphatic heterocycles. The molecule has 0 aromatic heterocycles. The molecule has 0 aliphatic rings. The summed E-state index contributed by atoms with van der Waals surface area (Å²) >= 11 is 12.1. The maximum atomic E-state index is 11.9. The molecular weight excluding hydrogens is 538 g/mol. The van der Waals surface area contributed by atoms with Crippen LogP contribution in [0.3, 0.4) is 0 Å². The first kappa shape index (κ1) is 26.3. The first-order valence-corrected chi connectivity index (χ1v) is 10.1. The Hall–Kier alpha value is -1.71. The Kier molecular flexibility index (Phi) is 11.9. The van der Waals surface area contributed by atoms with Crippen LogP contribution < -0.4 is 15.4 Å². The van der Waals surface area contributed by atoms with Crippen LogP contribution in [0.2, 0.25) is 10.0 Å². The summed E-state index contributed by atoms with van der Waals surface area (Å²) in [5, 5.41) is 7.28. The number of nitrogens with one attached hydrogen (secondary N) is 2. The molecule has 0 unspecified atom stereocenters. The van der Waals surface area contributed by atoms with Crippen molar-refractivity contribution in [2.24, 2.45) is 4.99 Å². The molecule has 2 N–H and O–H groups in total. The van der Waals surface area contributed by atoms with E-state index in [1.807, 2.05) is 31.2 Å². The molecule has 0 aliphatic carbocycles. The maximum Gasteiger partial charge on any atom is 0.253 e. The number of guanidine groups is 1. The number of carbonyl (C=O) groups is 1. The quantitative estimate of drug-likeness (QED) is 0.215. The summed E-state index contributed by atoms with van der Waals surface area (Å²) in [5.74, 6) is 1.21. The summed E-state index contributed by atoms with van der Waals surface area (Å²) in [7, 11) is 3.47. The first-order chi connectivity index (χ1) is 13.9. The van der Waals surface area contributed by atoms with Gasteiger partial charge in [0.05, 0.1) is 18.1 Å². The third-order valence-electron chi connectivity index (χ3n) is 3.94. The van der Waals surface area contributed by atoms with Crippen molar-refractivity contribution in [3.8, 4) is 5.75 Å². The first-order valence-electron chi connectivity index (χ1n) is 9.32. The van der Waals surface area contributed by atoms with Crippen molar-refractivity contribution < 1.29 is 9.53 Å². The highest BCUT2D eigenvalue weighted by Gasteiger charge is 2.07. The van der Waals surface area contributed by atoms with Crippen LogP contribution in [-0.2, 0) is 6.54 Å². The SMILES string of the molecule is CCNC(=NCc1ccc(C(=O)N(C)C)cc1)NCCOc1cccc(Cl)c1Cl.I. The minimum absolute atomic E-state index is 0. The van der Waals surface area contributed by atoms with Crippen LogP contribution in [0, 0.1) is 0 Å². The van der Waals surface area contributed by atoms with Gasteiger partial charge in [-0.25, -0.2) is 4.99 Å². The third-order valence-corrected chi connectivity index (χ3v) is 4.74. The molecule has 6 nitrogen and oxygen atoms in total. The van der Waals surface area contributed by atoms with Gasteiger partial charge in [-0.05, 0) is 36.8 Å². The molecule has 2 aromatic carbocycles. The van der Waals surface area contributed by atoms with Gasteiger partial charge in [0, 0.05) is 26.2 Å². The molecule has 0 spiro atoms. The predicted molar refractivity (Wildman–Crippen MR) is 135 cm³/mol. The third kappa shape index (κ3) is 8.20. The second kappa shape index (κ2) is 13.6. The number of carbonyl (C=O) groups excluding carboxylic acids is 1. The van der Waals surface area contributed by atoms with Crippen molar-refractivity contribution in [3.05, 3.63) is 63.6 Å². The highest BCUT2D eigenvalue weighted by molar-refractivity contribution is 14.0. The minimum atomic E-state index is -0.0186. The summed E-state index contributed by atoms with van der Waals surface area (Å²) < 4.78 is 5.67. The molecule has 9 heteroatoms. The number of rotatable bonds is 8. The zero-order chi connectivity index (χ0) is 21.2. The second-order valence-electron chi connectivity index (χ2n) is 6.42.